The van der Waals surface area contributed by atoms with E-state index in [1.807, 2.05) is 24.5 Å². The lowest BCUT2D eigenvalue weighted by Crippen LogP contribution is -2.52. The number of aliphatic hydroxyl groups excluding tert-OH is 1. The number of nitrogens with zero attached hydrogens (tertiary/aromatic N) is 6. The van der Waals surface area contributed by atoms with Crippen LogP contribution >= 0.6 is 0 Å². The van der Waals surface area contributed by atoms with Gasteiger partial charge in [-0.15, -0.1) is 0 Å². The Kier molecular flexibility index (Phi) is 6.54. The van der Waals surface area contributed by atoms with Crippen LogP contribution in [0.4, 0.5) is 17.5 Å². The van der Waals surface area contributed by atoms with Crippen molar-refractivity contribution in [3.63, 3.8) is 0 Å². The Bertz CT molecular complexity index is 1130. The molecule has 3 aromatic heterocycles. The van der Waals surface area contributed by atoms with Gasteiger partial charge in [-0.2, -0.15) is 4.98 Å². The van der Waals surface area contributed by atoms with Crippen molar-refractivity contribution >= 4 is 28.5 Å². The van der Waals surface area contributed by atoms with Crippen LogP contribution in [0, 0.1) is 0 Å². The topological polar surface area (TPSA) is 94.4 Å². The van der Waals surface area contributed by atoms with E-state index in [0.717, 1.165) is 80.7 Å². The molecule has 0 spiro atoms. The Morgan fingerprint density at radius 2 is 1.77 bits per heavy atom. The summed E-state index contributed by atoms with van der Waals surface area (Å²) in [6, 6.07) is 6.96. The number of aliphatic hydroxyl groups is 1. The maximum absolute atomic E-state index is 10.7. The van der Waals surface area contributed by atoms with Gasteiger partial charge < -0.3 is 19.9 Å². The first-order valence-electron chi connectivity index (χ1n) is 13.2. The van der Waals surface area contributed by atoms with Gasteiger partial charge in [0, 0.05) is 50.3 Å². The molecule has 0 aromatic carbocycles. The number of aryl methyl sites for hydroxylation is 1. The van der Waals surface area contributed by atoms with E-state index in [1.54, 1.807) is 0 Å². The molecule has 9 nitrogen and oxygen atoms in total. The van der Waals surface area contributed by atoms with Crippen molar-refractivity contribution < 1.29 is 5.11 Å². The second-order valence-corrected chi connectivity index (χ2v) is 10.1. The molecule has 0 radical (unpaired) electrons. The van der Waals surface area contributed by atoms with E-state index >= 15 is 0 Å². The minimum Gasteiger partial charge on any atom is -0.373 e. The number of anilines is 3. The van der Waals surface area contributed by atoms with E-state index in [2.05, 4.69) is 41.0 Å². The molecular formula is C26H36N8O. The summed E-state index contributed by atoms with van der Waals surface area (Å²) in [5, 5.41) is 18.1. The zero-order valence-corrected chi connectivity index (χ0v) is 20.4. The zero-order chi connectivity index (χ0) is 23.6. The van der Waals surface area contributed by atoms with Crippen LogP contribution in [0.25, 0.3) is 11.0 Å². The van der Waals surface area contributed by atoms with Gasteiger partial charge in [-0.3, -0.25) is 10.2 Å². The Morgan fingerprint density at radius 3 is 2.54 bits per heavy atom. The first-order valence-corrected chi connectivity index (χ1v) is 13.2. The average Bonchev–Trinajstić information content (AvgIpc) is 3.21. The van der Waals surface area contributed by atoms with Gasteiger partial charge in [0.1, 0.15) is 17.7 Å². The lowest BCUT2D eigenvalue weighted by atomic mass is 9.91. The van der Waals surface area contributed by atoms with Crippen molar-refractivity contribution in [3.8, 4) is 0 Å². The third-order valence-electron chi connectivity index (χ3n) is 7.85. The smallest absolute Gasteiger partial charge is 0.230 e. The van der Waals surface area contributed by atoms with Crippen LogP contribution in [0.5, 0.6) is 0 Å². The standard InChI is InChI=1S/C26H36N8O/c35-25-22-16-19-17-29-26(31-24(19)34(22)11-4-2-1-3-10-27-25)30-23-9-8-21(18-28-23)33-14-12-32(13-15-33)20-6-5-7-20/h8-9,16-18,20,25,27,35H,1-7,10-15H2,(H,28,29,30,31). The van der Waals surface area contributed by atoms with Crippen molar-refractivity contribution in [1.29, 1.82) is 0 Å². The summed E-state index contributed by atoms with van der Waals surface area (Å²) in [5.41, 5.74) is 2.87. The average molecular weight is 477 g/mol. The fourth-order valence-electron chi connectivity index (χ4n) is 5.53. The number of nitrogens with one attached hydrogen (secondary N) is 2. The molecule has 2 fully saturated rings. The molecule has 1 saturated carbocycles. The molecule has 1 atom stereocenters. The van der Waals surface area contributed by atoms with Gasteiger partial charge in [-0.05, 0) is 50.4 Å². The summed E-state index contributed by atoms with van der Waals surface area (Å²) in [4.78, 5) is 19.0. The Hall–Kier alpha value is -2.75. The predicted molar refractivity (Wildman–Crippen MR) is 138 cm³/mol. The first-order chi connectivity index (χ1) is 17.2. The SMILES string of the molecule is OC1NCCCCCCn2c1cc1cnc(Nc3ccc(N4CCN(C5CCC5)CC4)cn3)nc12. The molecule has 35 heavy (non-hydrogen) atoms. The van der Waals surface area contributed by atoms with Gasteiger partial charge in [0.25, 0.3) is 0 Å². The highest BCUT2D eigenvalue weighted by atomic mass is 16.3. The lowest BCUT2D eigenvalue weighted by Gasteiger charge is -2.43. The molecule has 5 heterocycles. The number of aromatic nitrogens is 4. The number of pyridine rings is 1. The van der Waals surface area contributed by atoms with Crippen LogP contribution in [0.3, 0.4) is 0 Å². The summed E-state index contributed by atoms with van der Waals surface area (Å²) in [7, 11) is 0. The quantitative estimate of drug-likeness (QED) is 0.528. The number of fused-ring (bicyclic) bond motifs is 3. The van der Waals surface area contributed by atoms with Crippen molar-refractivity contribution in [2.45, 2.75) is 63.8 Å². The van der Waals surface area contributed by atoms with Crippen molar-refractivity contribution in [3.05, 3.63) is 36.3 Å². The second kappa shape index (κ2) is 10.1. The maximum Gasteiger partial charge on any atom is 0.230 e. The van der Waals surface area contributed by atoms with Gasteiger partial charge in [-0.1, -0.05) is 19.3 Å². The zero-order valence-electron chi connectivity index (χ0n) is 20.4. The van der Waals surface area contributed by atoms with Crippen LogP contribution in [0.1, 0.15) is 56.9 Å². The molecule has 6 rings (SSSR count). The summed E-state index contributed by atoms with van der Waals surface area (Å²) >= 11 is 0. The molecule has 1 saturated heterocycles. The largest absolute Gasteiger partial charge is 0.373 e. The van der Waals surface area contributed by atoms with Gasteiger partial charge in [0.2, 0.25) is 5.95 Å². The highest BCUT2D eigenvalue weighted by Crippen LogP contribution is 2.28. The van der Waals surface area contributed by atoms with Crippen LogP contribution in [-0.2, 0) is 6.54 Å². The number of rotatable bonds is 4. The molecule has 1 aliphatic carbocycles. The lowest BCUT2D eigenvalue weighted by molar-refractivity contribution is 0.120. The van der Waals surface area contributed by atoms with E-state index in [4.69, 9.17) is 4.98 Å². The summed E-state index contributed by atoms with van der Waals surface area (Å²) in [6.07, 6.45) is 11.7. The van der Waals surface area contributed by atoms with Gasteiger partial charge in [0.15, 0.2) is 0 Å². The van der Waals surface area contributed by atoms with E-state index in [0.29, 0.717) is 5.95 Å². The van der Waals surface area contributed by atoms with Crippen molar-refractivity contribution in [2.75, 3.05) is 42.9 Å². The third-order valence-corrected chi connectivity index (χ3v) is 7.85. The number of hydrogen-bond donors (Lipinski definition) is 3. The van der Waals surface area contributed by atoms with Gasteiger partial charge >= 0.3 is 0 Å². The van der Waals surface area contributed by atoms with Crippen molar-refractivity contribution in [2.24, 2.45) is 0 Å². The van der Waals surface area contributed by atoms with Crippen LogP contribution < -0.4 is 15.5 Å². The minimum absolute atomic E-state index is 0.521. The molecule has 2 aliphatic heterocycles. The molecule has 9 heteroatoms. The van der Waals surface area contributed by atoms with Crippen LogP contribution in [0.2, 0.25) is 0 Å². The number of hydrogen-bond acceptors (Lipinski definition) is 8. The molecule has 0 amide bonds. The highest BCUT2D eigenvalue weighted by molar-refractivity contribution is 5.78. The Morgan fingerprint density at radius 1 is 0.914 bits per heavy atom. The highest BCUT2D eigenvalue weighted by Gasteiger charge is 2.28. The molecule has 3 N–H and O–H groups in total. The van der Waals surface area contributed by atoms with E-state index in [-0.39, 0.29) is 0 Å². The second-order valence-electron chi connectivity index (χ2n) is 10.1. The Labute approximate surface area is 206 Å². The summed E-state index contributed by atoms with van der Waals surface area (Å²) in [5.74, 6) is 1.25. The molecule has 186 valence electrons. The fraction of sp³-hybridized carbons (Fsp3) is 0.577. The fourth-order valence-corrected chi connectivity index (χ4v) is 5.53. The molecular weight excluding hydrogens is 440 g/mol. The molecule has 3 aliphatic rings. The van der Waals surface area contributed by atoms with E-state index in [1.165, 1.54) is 37.8 Å². The predicted octanol–water partition coefficient (Wildman–Crippen LogP) is 3.40. The van der Waals surface area contributed by atoms with Crippen LogP contribution in [0.15, 0.2) is 30.6 Å². The maximum atomic E-state index is 10.7. The molecule has 0 bridgehead atoms. The van der Waals surface area contributed by atoms with Crippen molar-refractivity contribution in [1.82, 2.24) is 29.7 Å². The third kappa shape index (κ3) is 4.85. The summed E-state index contributed by atoms with van der Waals surface area (Å²) < 4.78 is 2.13. The Balaban J connectivity index is 1.15. The molecule has 1 unspecified atom stereocenters. The van der Waals surface area contributed by atoms with E-state index < -0.39 is 6.23 Å². The van der Waals surface area contributed by atoms with Crippen LogP contribution in [-0.4, -0.2) is 68.3 Å². The van der Waals surface area contributed by atoms with Gasteiger partial charge in [-0.25, -0.2) is 9.97 Å². The number of piperazine rings is 1. The normalized spacial score (nSPS) is 22.5. The molecule has 3 aromatic rings. The summed E-state index contributed by atoms with van der Waals surface area (Å²) in [6.45, 7) is 6.07. The monoisotopic (exact) mass is 476 g/mol. The first kappa shape index (κ1) is 22.7. The van der Waals surface area contributed by atoms with Gasteiger partial charge in [0.05, 0.1) is 17.6 Å². The van der Waals surface area contributed by atoms with E-state index in [9.17, 15) is 5.11 Å². The minimum atomic E-state index is -0.691.